The maximum absolute atomic E-state index is 12.7. The smallest absolute Gasteiger partial charge is 0.253 e. The van der Waals surface area contributed by atoms with Crippen LogP contribution in [0.3, 0.4) is 0 Å². The Balaban J connectivity index is 1.62. The first kappa shape index (κ1) is 17.3. The van der Waals surface area contributed by atoms with Crippen LogP contribution in [0.2, 0.25) is 0 Å². The van der Waals surface area contributed by atoms with Gasteiger partial charge in [0.2, 0.25) is 5.91 Å². The van der Waals surface area contributed by atoms with Gasteiger partial charge in [-0.25, -0.2) is 0 Å². The third-order valence-electron chi connectivity index (χ3n) is 4.89. The van der Waals surface area contributed by atoms with Gasteiger partial charge in [-0.1, -0.05) is 0 Å². The summed E-state index contributed by atoms with van der Waals surface area (Å²) in [5.41, 5.74) is 3.95. The average molecular weight is 339 g/mol. The molecule has 0 saturated carbocycles. The minimum Gasteiger partial charge on any atom is -0.346 e. The number of carbonyl (C=O) groups excluding carboxylic acids is 2. The number of piperidine rings is 1. The first-order chi connectivity index (χ1) is 12.0. The molecule has 1 aliphatic heterocycles. The lowest BCUT2D eigenvalue weighted by Crippen LogP contribution is -2.39. The number of amides is 2. The van der Waals surface area contributed by atoms with E-state index in [2.05, 4.69) is 35.9 Å². The van der Waals surface area contributed by atoms with E-state index in [0.29, 0.717) is 17.3 Å². The number of benzene rings is 1. The van der Waals surface area contributed by atoms with Crippen molar-refractivity contribution in [3.05, 3.63) is 53.3 Å². The second-order valence-corrected chi connectivity index (χ2v) is 6.77. The van der Waals surface area contributed by atoms with E-state index >= 15 is 0 Å². The van der Waals surface area contributed by atoms with E-state index in [9.17, 15) is 9.59 Å². The van der Waals surface area contributed by atoms with E-state index in [4.69, 9.17) is 0 Å². The maximum Gasteiger partial charge on any atom is 0.253 e. The van der Waals surface area contributed by atoms with Crippen molar-refractivity contribution in [1.29, 1.82) is 0 Å². The van der Waals surface area contributed by atoms with Gasteiger partial charge in [0.15, 0.2) is 0 Å². The van der Waals surface area contributed by atoms with Gasteiger partial charge in [-0.2, -0.15) is 0 Å². The molecule has 1 aliphatic rings. The number of aryl methyl sites for hydroxylation is 2. The highest BCUT2D eigenvalue weighted by atomic mass is 16.2. The van der Waals surface area contributed by atoms with Crippen LogP contribution in [0, 0.1) is 13.8 Å². The third kappa shape index (κ3) is 3.76. The van der Waals surface area contributed by atoms with Gasteiger partial charge in [-0.15, -0.1) is 0 Å². The Kier molecular flexibility index (Phi) is 4.93. The summed E-state index contributed by atoms with van der Waals surface area (Å²) in [5.74, 6) is -0.0504. The highest BCUT2D eigenvalue weighted by Gasteiger charge is 2.25. The number of nitrogens with one attached hydrogen (secondary N) is 1. The van der Waals surface area contributed by atoms with Crippen LogP contribution in [0.15, 0.2) is 36.4 Å². The lowest BCUT2D eigenvalue weighted by molar-refractivity contribution is -0.114. The number of rotatable bonds is 3. The minimum atomic E-state index is -0.114. The fourth-order valence-electron chi connectivity index (χ4n) is 3.67. The molecule has 5 heteroatoms. The number of hydrogen-bond donors (Lipinski definition) is 1. The van der Waals surface area contributed by atoms with Gasteiger partial charge >= 0.3 is 0 Å². The quantitative estimate of drug-likeness (QED) is 0.930. The molecular formula is C20H25N3O2. The molecule has 1 saturated heterocycles. The summed E-state index contributed by atoms with van der Waals surface area (Å²) in [6.45, 7) is 7.29. The zero-order valence-electron chi connectivity index (χ0n) is 15.1. The molecule has 2 aromatic rings. The van der Waals surface area contributed by atoms with E-state index < -0.39 is 0 Å². The fourth-order valence-corrected chi connectivity index (χ4v) is 3.67. The van der Waals surface area contributed by atoms with Gasteiger partial charge in [-0.05, 0) is 63.1 Å². The van der Waals surface area contributed by atoms with Crippen molar-refractivity contribution in [3.8, 4) is 0 Å². The molecule has 132 valence electrons. The topological polar surface area (TPSA) is 54.3 Å². The highest BCUT2D eigenvalue weighted by molar-refractivity contribution is 5.95. The van der Waals surface area contributed by atoms with Crippen LogP contribution in [0.25, 0.3) is 0 Å². The van der Waals surface area contributed by atoms with Crippen molar-refractivity contribution in [2.75, 3.05) is 18.4 Å². The maximum atomic E-state index is 12.7. The number of nitrogens with zero attached hydrogens (tertiary/aromatic N) is 2. The number of likely N-dealkylation sites (tertiary alicyclic amines) is 1. The van der Waals surface area contributed by atoms with E-state index in [-0.39, 0.29) is 11.8 Å². The van der Waals surface area contributed by atoms with Crippen molar-refractivity contribution in [1.82, 2.24) is 9.47 Å². The molecule has 0 radical (unpaired) electrons. The largest absolute Gasteiger partial charge is 0.346 e. The molecule has 0 spiro atoms. The summed E-state index contributed by atoms with van der Waals surface area (Å²) in [6.07, 6.45) is 1.96. The van der Waals surface area contributed by atoms with Crippen LogP contribution in [-0.2, 0) is 4.79 Å². The summed E-state index contributed by atoms with van der Waals surface area (Å²) in [4.78, 5) is 25.7. The SMILES string of the molecule is CC(=O)Nc1ccc(C(=O)N2CCC(n3c(C)ccc3C)CC2)cc1. The first-order valence-corrected chi connectivity index (χ1v) is 8.77. The zero-order chi connectivity index (χ0) is 18.0. The summed E-state index contributed by atoms with van der Waals surface area (Å²) < 4.78 is 2.39. The van der Waals surface area contributed by atoms with Crippen LogP contribution < -0.4 is 5.32 Å². The first-order valence-electron chi connectivity index (χ1n) is 8.77. The Bertz CT molecular complexity index is 749. The van der Waals surface area contributed by atoms with Gasteiger partial charge in [-0.3, -0.25) is 9.59 Å². The Labute approximate surface area is 148 Å². The van der Waals surface area contributed by atoms with Gasteiger partial charge in [0.1, 0.15) is 0 Å². The summed E-state index contributed by atoms with van der Waals surface area (Å²) in [6, 6.07) is 11.9. The molecule has 1 fully saturated rings. The Hall–Kier alpha value is -2.56. The van der Waals surface area contributed by atoms with E-state index in [1.54, 1.807) is 24.3 Å². The monoisotopic (exact) mass is 339 g/mol. The molecule has 1 aromatic heterocycles. The molecule has 5 nitrogen and oxygen atoms in total. The van der Waals surface area contributed by atoms with E-state index in [1.165, 1.54) is 18.3 Å². The molecule has 2 amide bonds. The predicted octanol–water partition coefficient (Wildman–Crippen LogP) is 3.54. The van der Waals surface area contributed by atoms with Crippen molar-refractivity contribution < 1.29 is 9.59 Å². The second-order valence-electron chi connectivity index (χ2n) is 6.77. The lowest BCUT2D eigenvalue weighted by Gasteiger charge is -2.34. The van der Waals surface area contributed by atoms with Gasteiger partial charge < -0.3 is 14.8 Å². The van der Waals surface area contributed by atoms with Crippen LogP contribution in [0.1, 0.15) is 47.6 Å². The molecule has 0 atom stereocenters. The Morgan fingerprint density at radius 3 is 2.04 bits per heavy atom. The molecule has 3 rings (SSSR count). The van der Waals surface area contributed by atoms with Crippen molar-refractivity contribution in [2.24, 2.45) is 0 Å². The normalized spacial score (nSPS) is 15.2. The molecule has 2 heterocycles. The average Bonchev–Trinajstić information content (AvgIpc) is 2.93. The van der Waals surface area contributed by atoms with E-state index in [1.807, 2.05) is 4.90 Å². The molecule has 1 aromatic carbocycles. The van der Waals surface area contributed by atoms with Crippen LogP contribution >= 0.6 is 0 Å². The molecule has 0 unspecified atom stereocenters. The Morgan fingerprint density at radius 2 is 1.52 bits per heavy atom. The molecule has 0 aliphatic carbocycles. The highest BCUT2D eigenvalue weighted by Crippen LogP contribution is 2.27. The van der Waals surface area contributed by atoms with Crippen molar-refractivity contribution in [3.63, 3.8) is 0 Å². The van der Waals surface area contributed by atoms with Crippen molar-refractivity contribution >= 4 is 17.5 Å². The van der Waals surface area contributed by atoms with Crippen LogP contribution in [-0.4, -0.2) is 34.4 Å². The number of aromatic nitrogens is 1. The van der Waals surface area contributed by atoms with Gasteiger partial charge in [0, 0.05) is 48.7 Å². The number of anilines is 1. The molecule has 0 bridgehead atoms. The predicted molar refractivity (Wildman–Crippen MR) is 98.8 cm³/mol. The third-order valence-corrected chi connectivity index (χ3v) is 4.89. The number of hydrogen-bond acceptors (Lipinski definition) is 2. The minimum absolute atomic E-state index is 0.0637. The fraction of sp³-hybridized carbons (Fsp3) is 0.400. The van der Waals surface area contributed by atoms with Gasteiger partial charge in [0.25, 0.3) is 5.91 Å². The zero-order valence-corrected chi connectivity index (χ0v) is 15.1. The Morgan fingerprint density at radius 1 is 0.960 bits per heavy atom. The second kappa shape index (κ2) is 7.13. The van der Waals surface area contributed by atoms with Crippen molar-refractivity contribution in [2.45, 2.75) is 39.7 Å². The lowest BCUT2D eigenvalue weighted by atomic mass is 10.0. The summed E-state index contributed by atoms with van der Waals surface area (Å²) in [7, 11) is 0. The van der Waals surface area contributed by atoms with E-state index in [0.717, 1.165) is 25.9 Å². The standard InChI is InChI=1S/C20H25N3O2/c1-14-4-5-15(2)23(14)19-10-12-22(13-11-19)20(25)17-6-8-18(9-7-17)21-16(3)24/h4-9,19H,10-13H2,1-3H3,(H,21,24). The number of carbonyl (C=O) groups is 2. The molecular weight excluding hydrogens is 314 g/mol. The van der Waals surface area contributed by atoms with Crippen LogP contribution in [0.5, 0.6) is 0 Å². The molecule has 25 heavy (non-hydrogen) atoms. The van der Waals surface area contributed by atoms with Gasteiger partial charge in [0.05, 0.1) is 0 Å². The summed E-state index contributed by atoms with van der Waals surface area (Å²) in [5, 5.41) is 2.72. The molecule has 1 N–H and O–H groups in total. The summed E-state index contributed by atoms with van der Waals surface area (Å²) >= 11 is 0. The van der Waals surface area contributed by atoms with Crippen LogP contribution in [0.4, 0.5) is 5.69 Å².